The molecule has 5 heteroatoms. The van der Waals surface area contributed by atoms with Crippen LogP contribution in [0.4, 0.5) is 0 Å². The normalized spacial score (nSPS) is 28.9. The molecule has 0 saturated heterocycles. The van der Waals surface area contributed by atoms with Crippen molar-refractivity contribution < 1.29 is 9.90 Å². The van der Waals surface area contributed by atoms with Gasteiger partial charge in [-0.1, -0.05) is 19.2 Å². The second kappa shape index (κ2) is 5.68. The molecule has 5 N–H and O–H groups in total. The van der Waals surface area contributed by atoms with Crippen LogP contribution < -0.4 is 11.5 Å². The first-order chi connectivity index (χ1) is 7.50. The SMILES string of the molecule is [B]CCCC[C@@](N)(C(=O)O)C1CC[C@H](N)C1. The number of aliphatic carboxylic acids is 1. The monoisotopic (exact) mass is 224 g/mol. The molecule has 1 rings (SSSR count). The van der Waals surface area contributed by atoms with Gasteiger partial charge in [-0.25, -0.2) is 0 Å². The highest BCUT2D eigenvalue weighted by Crippen LogP contribution is 2.35. The highest BCUT2D eigenvalue weighted by atomic mass is 16.4. The Labute approximate surface area is 98.2 Å². The van der Waals surface area contributed by atoms with Gasteiger partial charge in [0.15, 0.2) is 0 Å². The summed E-state index contributed by atoms with van der Waals surface area (Å²) in [6.07, 6.45) is 5.11. The van der Waals surface area contributed by atoms with E-state index in [-0.39, 0.29) is 12.0 Å². The number of unbranched alkanes of at least 4 members (excludes halogenated alkanes) is 1. The second-order valence-electron chi connectivity index (χ2n) is 4.86. The number of carboxylic acids is 1. The summed E-state index contributed by atoms with van der Waals surface area (Å²) < 4.78 is 0. The van der Waals surface area contributed by atoms with Gasteiger partial charge in [0.1, 0.15) is 5.54 Å². The quantitative estimate of drug-likeness (QED) is 0.456. The van der Waals surface area contributed by atoms with Gasteiger partial charge in [0.2, 0.25) is 0 Å². The summed E-state index contributed by atoms with van der Waals surface area (Å²) in [6.45, 7) is 0. The van der Waals surface area contributed by atoms with E-state index in [4.69, 9.17) is 19.3 Å². The van der Waals surface area contributed by atoms with Crippen molar-refractivity contribution in [3.8, 4) is 0 Å². The Bertz CT molecular complexity index is 250. The van der Waals surface area contributed by atoms with Crippen LogP contribution in [0.3, 0.4) is 0 Å². The minimum absolute atomic E-state index is 0.0118. The summed E-state index contributed by atoms with van der Waals surface area (Å²) in [5.74, 6) is -0.888. The lowest BCUT2D eigenvalue weighted by Gasteiger charge is -2.31. The standard InChI is InChI=1S/C11H21BN2O2/c12-6-2-1-5-11(14,10(15)16)8-3-4-9(13)7-8/h8-9H,1-7,13-14H2,(H,15,16)/t8?,9-,11-/m0/s1. The average Bonchev–Trinajstić information content (AvgIpc) is 2.65. The van der Waals surface area contributed by atoms with E-state index >= 15 is 0 Å². The molecule has 0 spiro atoms. The Balaban J connectivity index is 2.60. The predicted octanol–water partition coefficient (Wildman–Crippen LogP) is 0.653. The lowest BCUT2D eigenvalue weighted by Crippen LogP contribution is -2.53. The molecule has 1 aliphatic rings. The van der Waals surface area contributed by atoms with Gasteiger partial charge in [-0.15, -0.1) is 0 Å². The van der Waals surface area contributed by atoms with Crippen molar-refractivity contribution in [2.75, 3.05) is 0 Å². The van der Waals surface area contributed by atoms with Crippen molar-refractivity contribution in [3.63, 3.8) is 0 Å². The van der Waals surface area contributed by atoms with Gasteiger partial charge in [0, 0.05) is 6.04 Å². The molecular weight excluding hydrogens is 203 g/mol. The van der Waals surface area contributed by atoms with Crippen LogP contribution in [0.5, 0.6) is 0 Å². The summed E-state index contributed by atoms with van der Waals surface area (Å²) in [5, 5.41) is 9.28. The van der Waals surface area contributed by atoms with Crippen LogP contribution in [0.2, 0.25) is 6.32 Å². The molecule has 0 aliphatic heterocycles. The lowest BCUT2D eigenvalue weighted by molar-refractivity contribution is -0.146. The molecule has 16 heavy (non-hydrogen) atoms. The van der Waals surface area contributed by atoms with Crippen molar-refractivity contribution in [1.29, 1.82) is 0 Å². The van der Waals surface area contributed by atoms with Crippen molar-refractivity contribution in [2.45, 2.75) is 56.4 Å². The van der Waals surface area contributed by atoms with Crippen LogP contribution in [0.25, 0.3) is 0 Å². The molecule has 1 unspecified atom stereocenters. The maximum Gasteiger partial charge on any atom is 0.323 e. The van der Waals surface area contributed by atoms with Crippen LogP contribution >= 0.6 is 0 Å². The third-order valence-electron chi connectivity index (χ3n) is 3.64. The molecule has 0 amide bonds. The van der Waals surface area contributed by atoms with Gasteiger partial charge >= 0.3 is 5.97 Å². The molecule has 0 aromatic carbocycles. The lowest BCUT2D eigenvalue weighted by atomic mass is 9.79. The van der Waals surface area contributed by atoms with Crippen molar-refractivity contribution >= 4 is 13.8 Å². The minimum atomic E-state index is -1.11. The Morgan fingerprint density at radius 1 is 1.44 bits per heavy atom. The number of hydrogen-bond donors (Lipinski definition) is 3. The molecule has 1 saturated carbocycles. The van der Waals surface area contributed by atoms with E-state index in [1.165, 1.54) is 0 Å². The molecule has 0 aromatic rings. The molecule has 1 fully saturated rings. The first-order valence-electron chi connectivity index (χ1n) is 5.98. The van der Waals surface area contributed by atoms with Gasteiger partial charge in [-0.2, -0.15) is 0 Å². The van der Waals surface area contributed by atoms with E-state index < -0.39 is 11.5 Å². The van der Waals surface area contributed by atoms with Crippen LogP contribution in [-0.2, 0) is 4.79 Å². The third-order valence-corrected chi connectivity index (χ3v) is 3.64. The fraction of sp³-hybridized carbons (Fsp3) is 0.909. The van der Waals surface area contributed by atoms with Gasteiger partial charge in [0.25, 0.3) is 0 Å². The van der Waals surface area contributed by atoms with Crippen LogP contribution in [-0.4, -0.2) is 30.5 Å². The predicted molar refractivity (Wildman–Crippen MR) is 64.3 cm³/mol. The highest BCUT2D eigenvalue weighted by molar-refractivity contribution is 6.08. The molecule has 90 valence electrons. The Kier molecular flexibility index (Phi) is 4.80. The van der Waals surface area contributed by atoms with E-state index in [0.29, 0.717) is 12.7 Å². The minimum Gasteiger partial charge on any atom is -0.480 e. The summed E-state index contributed by atoms with van der Waals surface area (Å²) in [5.41, 5.74) is 10.8. The topological polar surface area (TPSA) is 89.3 Å². The third kappa shape index (κ3) is 2.98. The number of carboxylic acid groups (broad SMARTS) is 1. The van der Waals surface area contributed by atoms with E-state index in [0.717, 1.165) is 32.1 Å². The molecule has 1 aliphatic carbocycles. The smallest absolute Gasteiger partial charge is 0.323 e. The van der Waals surface area contributed by atoms with Crippen molar-refractivity contribution in [3.05, 3.63) is 0 Å². The fourth-order valence-corrected chi connectivity index (χ4v) is 2.53. The molecule has 0 bridgehead atoms. The number of nitrogens with two attached hydrogens (primary N) is 2. The summed E-state index contributed by atoms with van der Waals surface area (Å²) in [6, 6.07) is 0.113. The summed E-state index contributed by atoms with van der Waals surface area (Å²) >= 11 is 0. The van der Waals surface area contributed by atoms with Crippen molar-refractivity contribution in [1.82, 2.24) is 0 Å². The van der Waals surface area contributed by atoms with E-state index in [2.05, 4.69) is 0 Å². The first kappa shape index (κ1) is 13.5. The molecule has 3 atom stereocenters. The van der Waals surface area contributed by atoms with E-state index in [1.807, 2.05) is 0 Å². The summed E-state index contributed by atoms with van der Waals surface area (Å²) in [4.78, 5) is 11.3. The Morgan fingerprint density at radius 3 is 2.56 bits per heavy atom. The maximum absolute atomic E-state index is 11.3. The fourth-order valence-electron chi connectivity index (χ4n) is 2.53. The maximum atomic E-state index is 11.3. The Morgan fingerprint density at radius 2 is 2.12 bits per heavy atom. The zero-order valence-corrected chi connectivity index (χ0v) is 9.69. The van der Waals surface area contributed by atoms with E-state index in [1.54, 1.807) is 0 Å². The molecular formula is C11H21BN2O2. The second-order valence-corrected chi connectivity index (χ2v) is 4.86. The van der Waals surface area contributed by atoms with E-state index in [9.17, 15) is 9.90 Å². The zero-order chi connectivity index (χ0) is 12.2. The largest absolute Gasteiger partial charge is 0.480 e. The zero-order valence-electron chi connectivity index (χ0n) is 9.69. The van der Waals surface area contributed by atoms with Crippen LogP contribution in [0, 0.1) is 5.92 Å². The number of hydrogen-bond acceptors (Lipinski definition) is 3. The van der Waals surface area contributed by atoms with Gasteiger partial charge < -0.3 is 16.6 Å². The highest BCUT2D eigenvalue weighted by Gasteiger charge is 2.44. The van der Waals surface area contributed by atoms with Crippen molar-refractivity contribution in [2.24, 2.45) is 17.4 Å². The molecule has 0 aromatic heterocycles. The molecule has 4 nitrogen and oxygen atoms in total. The van der Waals surface area contributed by atoms with Crippen LogP contribution in [0.1, 0.15) is 38.5 Å². The Hall–Kier alpha value is -0.545. The number of rotatable bonds is 6. The van der Waals surface area contributed by atoms with Gasteiger partial charge in [-0.05, 0) is 31.6 Å². The van der Waals surface area contributed by atoms with Gasteiger partial charge in [0.05, 0.1) is 7.85 Å². The van der Waals surface area contributed by atoms with Crippen LogP contribution in [0.15, 0.2) is 0 Å². The molecule has 0 heterocycles. The molecule has 2 radical (unpaired) electrons. The van der Waals surface area contributed by atoms with Gasteiger partial charge in [-0.3, -0.25) is 4.79 Å². The summed E-state index contributed by atoms with van der Waals surface area (Å²) in [7, 11) is 5.40. The first-order valence-corrected chi connectivity index (χ1v) is 5.98. The number of carbonyl (C=O) groups is 1. The average molecular weight is 224 g/mol.